The van der Waals surface area contributed by atoms with Crippen LogP contribution in [0.2, 0.25) is 0 Å². The molecule has 0 aliphatic rings. The zero-order chi connectivity index (χ0) is 16.2. The van der Waals surface area contributed by atoms with Gasteiger partial charge in [0.05, 0.1) is 6.42 Å². The number of carbonyl (C=O) groups is 2. The summed E-state index contributed by atoms with van der Waals surface area (Å²) in [6.07, 6.45) is 0.301. The third-order valence-corrected chi connectivity index (χ3v) is 3.73. The van der Waals surface area contributed by atoms with Crippen molar-refractivity contribution in [1.82, 2.24) is 0 Å². The Balaban J connectivity index is 1.73. The molecule has 0 heterocycles. The van der Waals surface area contributed by atoms with Crippen LogP contribution < -0.4 is 5.32 Å². The van der Waals surface area contributed by atoms with Gasteiger partial charge in [-0.05, 0) is 35.4 Å². The van der Waals surface area contributed by atoms with Crippen LogP contribution in [-0.2, 0) is 11.2 Å². The molecule has 0 aliphatic heterocycles. The van der Waals surface area contributed by atoms with E-state index < -0.39 is 0 Å². The third kappa shape index (κ3) is 3.64. The first kappa shape index (κ1) is 15.0. The fourth-order valence-corrected chi connectivity index (χ4v) is 2.56. The highest BCUT2D eigenvalue weighted by atomic mass is 16.1. The predicted octanol–water partition coefficient (Wildman–Crippen LogP) is 4.22. The molecule has 0 saturated heterocycles. The van der Waals surface area contributed by atoms with Crippen LogP contribution in [0.4, 0.5) is 5.69 Å². The molecule has 3 heteroatoms. The lowest BCUT2D eigenvalue weighted by atomic mass is 10.0. The number of fused-ring (bicyclic) bond motifs is 1. The van der Waals surface area contributed by atoms with Crippen molar-refractivity contribution in [2.45, 2.75) is 13.3 Å². The second-order valence-corrected chi connectivity index (χ2v) is 5.54. The fraction of sp³-hybridized carbons (Fsp3) is 0.100. The largest absolute Gasteiger partial charge is 0.326 e. The number of rotatable bonds is 4. The molecule has 1 amide bonds. The van der Waals surface area contributed by atoms with E-state index in [2.05, 4.69) is 5.32 Å². The SMILES string of the molecule is CC(=O)c1cccc(NC(=O)Cc2ccc3ccccc3c2)c1. The number of carbonyl (C=O) groups excluding carboxylic acids is 2. The summed E-state index contributed by atoms with van der Waals surface area (Å²) in [4.78, 5) is 23.6. The van der Waals surface area contributed by atoms with Crippen LogP contribution >= 0.6 is 0 Å². The number of hydrogen-bond donors (Lipinski definition) is 1. The summed E-state index contributed by atoms with van der Waals surface area (Å²) in [5.74, 6) is -0.114. The van der Waals surface area contributed by atoms with Gasteiger partial charge in [0.1, 0.15) is 0 Å². The van der Waals surface area contributed by atoms with Crippen LogP contribution in [0.1, 0.15) is 22.8 Å². The summed E-state index contributed by atoms with van der Waals surface area (Å²) in [6, 6.07) is 21.1. The van der Waals surface area contributed by atoms with Crippen LogP contribution in [0.3, 0.4) is 0 Å². The molecule has 0 spiro atoms. The highest BCUT2D eigenvalue weighted by Crippen LogP contribution is 2.17. The normalized spacial score (nSPS) is 10.5. The van der Waals surface area contributed by atoms with Crippen LogP contribution in [0.15, 0.2) is 66.7 Å². The van der Waals surface area contributed by atoms with Crippen LogP contribution in [0.25, 0.3) is 10.8 Å². The van der Waals surface area contributed by atoms with Gasteiger partial charge in [0.25, 0.3) is 0 Å². The Morgan fingerprint density at radius 3 is 2.43 bits per heavy atom. The van der Waals surface area contributed by atoms with E-state index in [1.54, 1.807) is 24.3 Å². The molecule has 0 unspecified atom stereocenters. The van der Waals surface area contributed by atoms with Crippen molar-refractivity contribution in [1.29, 1.82) is 0 Å². The number of anilines is 1. The quantitative estimate of drug-likeness (QED) is 0.733. The van der Waals surface area contributed by atoms with Crippen molar-refractivity contribution in [3.05, 3.63) is 77.9 Å². The zero-order valence-electron chi connectivity index (χ0n) is 12.9. The summed E-state index contributed by atoms with van der Waals surface area (Å²) in [7, 11) is 0. The van der Waals surface area contributed by atoms with Crippen molar-refractivity contribution in [2.24, 2.45) is 0 Å². The van der Waals surface area contributed by atoms with Gasteiger partial charge in [-0.2, -0.15) is 0 Å². The predicted molar refractivity (Wildman–Crippen MR) is 92.7 cm³/mol. The third-order valence-electron chi connectivity index (χ3n) is 3.73. The topological polar surface area (TPSA) is 46.2 Å². The highest BCUT2D eigenvalue weighted by Gasteiger charge is 2.06. The Bertz CT molecular complexity index is 883. The fourth-order valence-electron chi connectivity index (χ4n) is 2.56. The van der Waals surface area contributed by atoms with E-state index in [1.807, 2.05) is 42.5 Å². The van der Waals surface area contributed by atoms with Crippen molar-refractivity contribution in [3.8, 4) is 0 Å². The van der Waals surface area contributed by atoms with E-state index in [0.29, 0.717) is 17.7 Å². The Hall–Kier alpha value is -2.94. The van der Waals surface area contributed by atoms with Gasteiger partial charge in [-0.3, -0.25) is 9.59 Å². The lowest BCUT2D eigenvalue weighted by Crippen LogP contribution is -2.14. The minimum atomic E-state index is -0.0963. The van der Waals surface area contributed by atoms with Crippen molar-refractivity contribution >= 4 is 28.2 Å². The van der Waals surface area contributed by atoms with Crippen LogP contribution in [0.5, 0.6) is 0 Å². The lowest BCUT2D eigenvalue weighted by Gasteiger charge is -2.07. The molecule has 0 radical (unpaired) electrons. The number of benzene rings is 3. The molecule has 0 fully saturated rings. The van der Waals surface area contributed by atoms with E-state index in [-0.39, 0.29) is 11.7 Å². The molecule has 0 bridgehead atoms. The maximum absolute atomic E-state index is 12.2. The molecular weight excluding hydrogens is 286 g/mol. The van der Waals surface area contributed by atoms with Crippen LogP contribution in [0, 0.1) is 0 Å². The Kier molecular flexibility index (Phi) is 4.20. The van der Waals surface area contributed by atoms with Gasteiger partial charge in [-0.25, -0.2) is 0 Å². The lowest BCUT2D eigenvalue weighted by molar-refractivity contribution is -0.115. The molecule has 0 aliphatic carbocycles. The minimum absolute atomic E-state index is 0.0179. The molecule has 3 aromatic rings. The summed E-state index contributed by atoms with van der Waals surface area (Å²) < 4.78 is 0. The highest BCUT2D eigenvalue weighted by molar-refractivity contribution is 5.97. The Morgan fingerprint density at radius 2 is 1.65 bits per heavy atom. The van der Waals surface area contributed by atoms with Crippen LogP contribution in [-0.4, -0.2) is 11.7 Å². The molecule has 114 valence electrons. The van der Waals surface area contributed by atoms with Gasteiger partial charge < -0.3 is 5.32 Å². The summed E-state index contributed by atoms with van der Waals surface area (Å²) in [5.41, 5.74) is 2.20. The van der Waals surface area contributed by atoms with E-state index in [0.717, 1.165) is 16.3 Å². The van der Waals surface area contributed by atoms with Gasteiger partial charge in [0, 0.05) is 11.3 Å². The second-order valence-electron chi connectivity index (χ2n) is 5.54. The molecule has 3 aromatic carbocycles. The number of ketones is 1. The maximum atomic E-state index is 12.2. The molecule has 0 atom stereocenters. The van der Waals surface area contributed by atoms with E-state index in [1.165, 1.54) is 6.92 Å². The summed E-state index contributed by atoms with van der Waals surface area (Å²) >= 11 is 0. The molecule has 3 nitrogen and oxygen atoms in total. The number of hydrogen-bond acceptors (Lipinski definition) is 2. The first-order valence-electron chi connectivity index (χ1n) is 7.50. The van der Waals surface area contributed by atoms with E-state index >= 15 is 0 Å². The van der Waals surface area contributed by atoms with E-state index in [9.17, 15) is 9.59 Å². The zero-order valence-corrected chi connectivity index (χ0v) is 12.9. The van der Waals surface area contributed by atoms with E-state index in [4.69, 9.17) is 0 Å². The summed E-state index contributed by atoms with van der Waals surface area (Å²) in [5, 5.41) is 5.12. The van der Waals surface area contributed by atoms with Crippen molar-refractivity contribution in [2.75, 3.05) is 5.32 Å². The Labute approximate surface area is 135 Å². The molecule has 23 heavy (non-hydrogen) atoms. The van der Waals surface area contributed by atoms with Crippen molar-refractivity contribution in [3.63, 3.8) is 0 Å². The average Bonchev–Trinajstić information content (AvgIpc) is 2.55. The molecule has 0 saturated carbocycles. The van der Waals surface area contributed by atoms with Gasteiger partial charge in [0.2, 0.25) is 5.91 Å². The molecular formula is C20H17NO2. The number of amides is 1. The Morgan fingerprint density at radius 1 is 0.870 bits per heavy atom. The first-order valence-corrected chi connectivity index (χ1v) is 7.50. The maximum Gasteiger partial charge on any atom is 0.228 e. The molecule has 3 rings (SSSR count). The smallest absolute Gasteiger partial charge is 0.228 e. The minimum Gasteiger partial charge on any atom is -0.326 e. The van der Waals surface area contributed by atoms with Gasteiger partial charge in [0.15, 0.2) is 5.78 Å². The van der Waals surface area contributed by atoms with Gasteiger partial charge in [-0.1, -0.05) is 54.6 Å². The summed E-state index contributed by atoms with van der Waals surface area (Å²) in [6.45, 7) is 1.51. The first-order chi connectivity index (χ1) is 11.1. The molecule has 0 aromatic heterocycles. The monoisotopic (exact) mass is 303 g/mol. The average molecular weight is 303 g/mol. The molecule has 1 N–H and O–H groups in total. The van der Waals surface area contributed by atoms with Gasteiger partial charge >= 0.3 is 0 Å². The second kappa shape index (κ2) is 6.44. The number of nitrogens with one attached hydrogen (secondary N) is 1. The van der Waals surface area contributed by atoms with Gasteiger partial charge in [-0.15, -0.1) is 0 Å². The van der Waals surface area contributed by atoms with Crippen molar-refractivity contribution < 1.29 is 9.59 Å². The standard InChI is InChI=1S/C20H17NO2/c1-14(22)17-7-4-8-19(13-17)21-20(23)12-15-9-10-16-5-2-3-6-18(16)11-15/h2-11,13H,12H2,1H3,(H,21,23). The number of Topliss-reactive ketones (excluding diaryl/α,β-unsaturated/α-hetero) is 1.